The van der Waals surface area contributed by atoms with E-state index in [1.807, 2.05) is 6.92 Å². The summed E-state index contributed by atoms with van der Waals surface area (Å²) in [5, 5.41) is 8.85. The van der Waals surface area contributed by atoms with Gasteiger partial charge in [-0.2, -0.15) is 0 Å². The third-order valence-corrected chi connectivity index (χ3v) is 1.41. The van der Waals surface area contributed by atoms with Gasteiger partial charge in [-0.3, -0.25) is 0 Å². The fourth-order valence-corrected chi connectivity index (χ4v) is 0.797. The molecule has 0 fully saturated rings. The molecule has 3 heteroatoms. The van der Waals surface area contributed by atoms with Crippen LogP contribution in [0, 0.1) is 0 Å². The van der Waals surface area contributed by atoms with Gasteiger partial charge in [-0.1, -0.05) is 13.8 Å². The number of ether oxygens (including phenoxy) is 2. The Morgan fingerprint density at radius 1 is 1.17 bits per heavy atom. The normalized spacial score (nSPS) is 13.2. The van der Waals surface area contributed by atoms with Gasteiger partial charge in [0.05, 0.1) is 13.2 Å². The molecule has 74 valence electrons. The molecule has 0 aliphatic heterocycles. The molecule has 0 aliphatic rings. The third-order valence-electron chi connectivity index (χ3n) is 1.41. The van der Waals surface area contributed by atoms with E-state index in [4.69, 9.17) is 14.6 Å². The molecule has 0 saturated carbocycles. The van der Waals surface area contributed by atoms with Crippen molar-refractivity contribution in [2.24, 2.45) is 0 Å². The van der Waals surface area contributed by atoms with Crippen molar-refractivity contribution in [3.8, 4) is 0 Å². The van der Waals surface area contributed by atoms with E-state index in [1.165, 1.54) is 0 Å². The first kappa shape index (κ1) is 11.9. The Hall–Kier alpha value is -0.120. The predicted octanol–water partition coefficient (Wildman–Crippen LogP) is 1.20. The Balaban J connectivity index is 3.26. The molecule has 0 aromatic heterocycles. The highest BCUT2D eigenvalue weighted by atomic mass is 16.5. The molecule has 1 atom stereocenters. The zero-order valence-electron chi connectivity index (χ0n) is 8.08. The zero-order chi connectivity index (χ0) is 9.23. The monoisotopic (exact) mass is 176 g/mol. The Kier molecular flexibility index (Phi) is 8.88. The fraction of sp³-hybridized carbons (Fsp3) is 1.00. The van der Waals surface area contributed by atoms with Gasteiger partial charge in [-0.15, -0.1) is 0 Å². The minimum Gasteiger partial charge on any atom is -0.394 e. The lowest BCUT2D eigenvalue weighted by atomic mass is 10.4. The molecule has 0 saturated heterocycles. The Morgan fingerprint density at radius 2 is 1.83 bits per heavy atom. The van der Waals surface area contributed by atoms with Crippen molar-refractivity contribution in [1.29, 1.82) is 0 Å². The third kappa shape index (κ3) is 6.58. The van der Waals surface area contributed by atoms with Gasteiger partial charge in [0, 0.05) is 13.2 Å². The van der Waals surface area contributed by atoms with E-state index in [0.717, 1.165) is 19.4 Å². The molecule has 1 unspecified atom stereocenters. The van der Waals surface area contributed by atoms with Crippen LogP contribution in [0.25, 0.3) is 0 Å². The summed E-state index contributed by atoms with van der Waals surface area (Å²) in [7, 11) is 0. The lowest BCUT2D eigenvalue weighted by molar-refractivity contribution is -0.0418. The van der Waals surface area contributed by atoms with Crippen molar-refractivity contribution in [1.82, 2.24) is 0 Å². The fourth-order valence-electron chi connectivity index (χ4n) is 0.797. The van der Waals surface area contributed by atoms with Gasteiger partial charge in [0.2, 0.25) is 0 Å². The van der Waals surface area contributed by atoms with Crippen LogP contribution in [0.2, 0.25) is 0 Å². The average Bonchev–Trinajstić information content (AvgIpc) is 2.11. The second-order valence-electron chi connectivity index (χ2n) is 2.75. The summed E-state index contributed by atoms with van der Waals surface area (Å²) in [4.78, 5) is 0. The van der Waals surface area contributed by atoms with E-state index in [-0.39, 0.29) is 12.7 Å². The van der Waals surface area contributed by atoms with Gasteiger partial charge in [-0.05, 0) is 12.8 Å². The van der Waals surface area contributed by atoms with Crippen LogP contribution < -0.4 is 0 Å². The number of hydrogen-bond donors (Lipinski definition) is 1. The van der Waals surface area contributed by atoms with Crippen LogP contribution in [0.15, 0.2) is 0 Å². The number of rotatable bonds is 8. The standard InChI is InChI=1S/C9H20O3/c1-3-5-11-8-9(7-10)12-6-4-2/h9-10H,3-8H2,1-2H3. The zero-order valence-corrected chi connectivity index (χ0v) is 8.08. The number of hydrogen-bond acceptors (Lipinski definition) is 3. The Morgan fingerprint density at radius 3 is 2.33 bits per heavy atom. The van der Waals surface area contributed by atoms with Gasteiger partial charge >= 0.3 is 0 Å². The van der Waals surface area contributed by atoms with Crippen molar-refractivity contribution in [2.45, 2.75) is 32.8 Å². The van der Waals surface area contributed by atoms with E-state index in [1.54, 1.807) is 0 Å². The maximum absolute atomic E-state index is 8.85. The molecule has 0 rings (SSSR count). The molecule has 0 aliphatic carbocycles. The van der Waals surface area contributed by atoms with Crippen molar-refractivity contribution in [3.05, 3.63) is 0 Å². The van der Waals surface area contributed by atoms with Crippen LogP contribution in [0.4, 0.5) is 0 Å². The summed E-state index contributed by atoms with van der Waals surface area (Å²) in [6.07, 6.45) is 1.84. The van der Waals surface area contributed by atoms with Crippen molar-refractivity contribution < 1.29 is 14.6 Å². The highest BCUT2D eigenvalue weighted by molar-refractivity contribution is 4.53. The Bertz CT molecular complexity index is 85.8. The quantitative estimate of drug-likeness (QED) is 0.565. The first-order valence-corrected chi connectivity index (χ1v) is 4.65. The molecule has 0 aromatic rings. The van der Waals surface area contributed by atoms with E-state index in [2.05, 4.69) is 6.92 Å². The highest BCUT2D eigenvalue weighted by Gasteiger charge is 2.06. The van der Waals surface area contributed by atoms with Gasteiger partial charge in [0.25, 0.3) is 0 Å². The SMILES string of the molecule is CCCOCC(CO)OCCC. The van der Waals surface area contributed by atoms with Gasteiger partial charge < -0.3 is 14.6 Å². The van der Waals surface area contributed by atoms with Crippen LogP contribution in [0.1, 0.15) is 26.7 Å². The summed E-state index contributed by atoms with van der Waals surface area (Å²) in [6.45, 7) is 6.09. The van der Waals surface area contributed by atoms with Crippen LogP contribution in [-0.4, -0.2) is 37.6 Å². The molecular formula is C9H20O3. The van der Waals surface area contributed by atoms with Crippen LogP contribution >= 0.6 is 0 Å². The van der Waals surface area contributed by atoms with Crippen molar-refractivity contribution in [3.63, 3.8) is 0 Å². The van der Waals surface area contributed by atoms with Crippen LogP contribution in [0.3, 0.4) is 0 Å². The molecule has 0 heterocycles. The number of aliphatic hydroxyl groups is 1. The summed E-state index contributed by atoms with van der Waals surface area (Å²) < 4.78 is 10.6. The second-order valence-corrected chi connectivity index (χ2v) is 2.75. The average molecular weight is 176 g/mol. The molecule has 0 bridgehead atoms. The minimum atomic E-state index is -0.142. The van der Waals surface area contributed by atoms with Crippen LogP contribution in [-0.2, 0) is 9.47 Å². The molecule has 0 spiro atoms. The summed E-state index contributed by atoms with van der Waals surface area (Å²) >= 11 is 0. The first-order chi connectivity index (χ1) is 5.85. The predicted molar refractivity (Wildman–Crippen MR) is 48.2 cm³/mol. The van der Waals surface area contributed by atoms with E-state index < -0.39 is 0 Å². The van der Waals surface area contributed by atoms with Crippen molar-refractivity contribution in [2.75, 3.05) is 26.4 Å². The molecular weight excluding hydrogens is 156 g/mol. The van der Waals surface area contributed by atoms with E-state index in [0.29, 0.717) is 13.2 Å². The molecule has 1 N–H and O–H groups in total. The summed E-state index contributed by atoms with van der Waals surface area (Å²) in [5.74, 6) is 0. The van der Waals surface area contributed by atoms with E-state index >= 15 is 0 Å². The highest BCUT2D eigenvalue weighted by Crippen LogP contribution is 1.94. The van der Waals surface area contributed by atoms with E-state index in [9.17, 15) is 0 Å². The molecule has 3 nitrogen and oxygen atoms in total. The molecule has 12 heavy (non-hydrogen) atoms. The number of aliphatic hydroxyl groups excluding tert-OH is 1. The van der Waals surface area contributed by atoms with Gasteiger partial charge in [0.15, 0.2) is 0 Å². The maximum Gasteiger partial charge on any atom is 0.104 e. The lowest BCUT2D eigenvalue weighted by Gasteiger charge is -2.14. The lowest BCUT2D eigenvalue weighted by Crippen LogP contribution is -2.24. The van der Waals surface area contributed by atoms with Gasteiger partial charge in [-0.25, -0.2) is 0 Å². The first-order valence-electron chi connectivity index (χ1n) is 4.65. The van der Waals surface area contributed by atoms with Crippen LogP contribution in [0.5, 0.6) is 0 Å². The second kappa shape index (κ2) is 8.97. The van der Waals surface area contributed by atoms with Gasteiger partial charge in [0.1, 0.15) is 6.10 Å². The summed E-state index contributed by atoms with van der Waals surface area (Å²) in [5.41, 5.74) is 0. The largest absolute Gasteiger partial charge is 0.394 e. The smallest absolute Gasteiger partial charge is 0.104 e. The topological polar surface area (TPSA) is 38.7 Å². The molecule has 0 amide bonds. The molecule has 0 aromatic carbocycles. The maximum atomic E-state index is 8.85. The molecule has 0 radical (unpaired) electrons. The Labute approximate surface area is 74.7 Å². The summed E-state index contributed by atoms with van der Waals surface area (Å²) in [6, 6.07) is 0. The van der Waals surface area contributed by atoms with Crippen molar-refractivity contribution >= 4 is 0 Å². The minimum absolute atomic E-state index is 0.0454.